The highest BCUT2D eigenvalue weighted by Crippen LogP contribution is 2.21. The smallest absolute Gasteiger partial charge is 0.166 e. The zero-order valence-corrected chi connectivity index (χ0v) is 11.2. The van der Waals surface area contributed by atoms with E-state index >= 15 is 0 Å². The Hall–Kier alpha value is -0.720. The van der Waals surface area contributed by atoms with Crippen LogP contribution in [-0.2, 0) is 4.74 Å². The summed E-state index contributed by atoms with van der Waals surface area (Å²) in [5.74, 6) is 0.0992. The second-order valence-electron chi connectivity index (χ2n) is 3.96. The minimum Gasteiger partial charge on any atom is -0.373 e. The Kier molecular flexibility index (Phi) is 4.31. The van der Waals surface area contributed by atoms with Gasteiger partial charge in [-0.1, -0.05) is 0 Å². The maximum absolute atomic E-state index is 13.8. The number of anilines is 1. The van der Waals surface area contributed by atoms with Gasteiger partial charge in [-0.2, -0.15) is 0 Å². The summed E-state index contributed by atoms with van der Waals surface area (Å²) in [5.41, 5.74) is 0. The Morgan fingerprint density at radius 3 is 3.24 bits per heavy atom. The zero-order valence-electron chi connectivity index (χ0n) is 9.62. The highest BCUT2D eigenvalue weighted by molar-refractivity contribution is 9.10. The average Bonchev–Trinajstić information content (AvgIpc) is 2.29. The second kappa shape index (κ2) is 5.75. The largest absolute Gasteiger partial charge is 0.373 e. The van der Waals surface area contributed by atoms with E-state index in [1.807, 2.05) is 11.9 Å². The van der Waals surface area contributed by atoms with E-state index in [1.165, 1.54) is 6.07 Å². The van der Waals surface area contributed by atoms with Gasteiger partial charge in [-0.15, -0.1) is 0 Å². The normalized spacial score (nSPS) is 20.6. The molecule has 0 amide bonds. The van der Waals surface area contributed by atoms with Gasteiger partial charge >= 0.3 is 0 Å². The van der Waals surface area contributed by atoms with Crippen LogP contribution in [0.4, 0.5) is 10.2 Å². The number of halogens is 2. The summed E-state index contributed by atoms with van der Waals surface area (Å²) < 4.78 is 20.0. The molecule has 0 aromatic carbocycles. The molecule has 0 saturated carbocycles. The first kappa shape index (κ1) is 12.7. The molecule has 1 atom stereocenters. The molecular weight excluding hydrogens is 289 g/mol. The van der Waals surface area contributed by atoms with Gasteiger partial charge in [0.1, 0.15) is 0 Å². The SMILES string of the molecule is CNCC1CN(c2ncc(Br)cc2F)CCO1. The molecule has 1 unspecified atom stereocenters. The molecule has 1 saturated heterocycles. The number of hydrogen-bond acceptors (Lipinski definition) is 4. The van der Waals surface area contributed by atoms with Crippen LogP contribution < -0.4 is 10.2 Å². The lowest BCUT2D eigenvalue weighted by atomic mass is 10.2. The van der Waals surface area contributed by atoms with Crippen molar-refractivity contribution in [3.05, 3.63) is 22.6 Å². The molecule has 0 radical (unpaired) electrons. The molecule has 94 valence electrons. The molecule has 17 heavy (non-hydrogen) atoms. The first-order chi connectivity index (χ1) is 8.20. The van der Waals surface area contributed by atoms with Gasteiger partial charge < -0.3 is 15.0 Å². The van der Waals surface area contributed by atoms with Crippen molar-refractivity contribution >= 4 is 21.7 Å². The summed E-state index contributed by atoms with van der Waals surface area (Å²) in [5, 5.41) is 3.06. The van der Waals surface area contributed by atoms with E-state index in [-0.39, 0.29) is 11.9 Å². The third-order valence-electron chi connectivity index (χ3n) is 2.66. The topological polar surface area (TPSA) is 37.4 Å². The fraction of sp³-hybridized carbons (Fsp3) is 0.545. The zero-order chi connectivity index (χ0) is 12.3. The predicted octanol–water partition coefficient (Wildman–Crippen LogP) is 1.41. The van der Waals surface area contributed by atoms with Gasteiger partial charge in [0.25, 0.3) is 0 Å². The van der Waals surface area contributed by atoms with Crippen molar-refractivity contribution in [2.45, 2.75) is 6.10 Å². The van der Waals surface area contributed by atoms with E-state index in [0.29, 0.717) is 30.0 Å². The summed E-state index contributed by atoms with van der Waals surface area (Å²) in [4.78, 5) is 6.05. The molecule has 2 heterocycles. The van der Waals surface area contributed by atoms with Crippen LogP contribution in [0.2, 0.25) is 0 Å². The summed E-state index contributed by atoms with van der Waals surface area (Å²) in [7, 11) is 1.88. The number of ether oxygens (including phenoxy) is 1. The monoisotopic (exact) mass is 303 g/mol. The van der Waals surface area contributed by atoms with Gasteiger partial charge in [0, 0.05) is 30.3 Å². The van der Waals surface area contributed by atoms with E-state index in [2.05, 4.69) is 26.2 Å². The van der Waals surface area contributed by atoms with Gasteiger partial charge in [0.05, 0.1) is 12.7 Å². The Morgan fingerprint density at radius 1 is 1.71 bits per heavy atom. The minimum atomic E-state index is -0.301. The van der Waals surface area contributed by atoms with E-state index in [0.717, 1.165) is 6.54 Å². The molecule has 2 rings (SSSR count). The Bertz CT molecular complexity index is 389. The second-order valence-corrected chi connectivity index (χ2v) is 4.87. The van der Waals surface area contributed by atoms with Crippen molar-refractivity contribution in [2.24, 2.45) is 0 Å². The predicted molar refractivity (Wildman–Crippen MR) is 67.8 cm³/mol. The maximum Gasteiger partial charge on any atom is 0.166 e. The molecule has 1 aromatic rings. The van der Waals surface area contributed by atoms with Gasteiger partial charge in [0.2, 0.25) is 0 Å². The Labute approximate surface area is 108 Å². The fourth-order valence-corrected chi connectivity index (χ4v) is 2.21. The summed E-state index contributed by atoms with van der Waals surface area (Å²) in [6.07, 6.45) is 1.69. The molecule has 0 spiro atoms. The number of nitrogens with one attached hydrogen (secondary N) is 1. The summed E-state index contributed by atoms with van der Waals surface area (Å²) in [6.45, 7) is 2.69. The van der Waals surface area contributed by atoms with Crippen molar-refractivity contribution in [2.75, 3.05) is 38.2 Å². The summed E-state index contributed by atoms with van der Waals surface area (Å²) in [6, 6.07) is 1.44. The molecule has 4 nitrogen and oxygen atoms in total. The first-order valence-electron chi connectivity index (χ1n) is 5.53. The standard InChI is InChI=1S/C11H15BrFN3O/c1-14-6-9-7-16(2-3-17-9)11-10(13)4-8(12)5-15-11/h4-5,9,14H,2-3,6-7H2,1H3. The molecule has 1 aromatic heterocycles. The minimum absolute atomic E-state index is 0.0820. The van der Waals surface area contributed by atoms with Crippen molar-refractivity contribution in [1.82, 2.24) is 10.3 Å². The number of pyridine rings is 1. The lowest BCUT2D eigenvalue weighted by Gasteiger charge is -2.33. The van der Waals surface area contributed by atoms with Crippen LogP contribution in [0.1, 0.15) is 0 Å². The molecule has 6 heteroatoms. The fourth-order valence-electron chi connectivity index (χ4n) is 1.90. The van der Waals surface area contributed by atoms with Crippen LogP contribution in [0.5, 0.6) is 0 Å². The quantitative estimate of drug-likeness (QED) is 0.916. The first-order valence-corrected chi connectivity index (χ1v) is 6.32. The van der Waals surface area contributed by atoms with Crippen LogP contribution in [0.25, 0.3) is 0 Å². The third kappa shape index (κ3) is 3.14. The van der Waals surface area contributed by atoms with Gasteiger partial charge in [-0.25, -0.2) is 9.37 Å². The van der Waals surface area contributed by atoms with Gasteiger partial charge in [-0.3, -0.25) is 0 Å². The van der Waals surface area contributed by atoms with Crippen LogP contribution in [-0.4, -0.2) is 44.4 Å². The van der Waals surface area contributed by atoms with Crippen molar-refractivity contribution in [3.8, 4) is 0 Å². The highest BCUT2D eigenvalue weighted by atomic mass is 79.9. The van der Waals surface area contributed by atoms with Crippen LogP contribution in [0.15, 0.2) is 16.7 Å². The molecule has 1 aliphatic heterocycles. The highest BCUT2D eigenvalue weighted by Gasteiger charge is 2.23. The van der Waals surface area contributed by atoms with E-state index in [4.69, 9.17) is 4.74 Å². The maximum atomic E-state index is 13.8. The van der Waals surface area contributed by atoms with Gasteiger partial charge in [-0.05, 0) is 29.0 Å². The van der Waals surface area contributed by atoms with E-state index < -0.39 is 0 Å². The molecule has 0 aliphatic carbocycles. The number of likely N-dealkylation sites (N-methyl/N-ethyl adjacent to an activating group) is 1. The van der Waals surface area contributed by atoms with E-state index in [1.54, 1.807) is 6.20 Å². The van der Waals surface area contributed by atoms with Crippen molar-refractivity contribution in [3.63, 3.8) is 0 Å². The van der Waals surface area contributed by atoms with Crippen LogP contribution in [0.3, 0.4) is 0 Å². The number of morpholine rings is 1. The Morgan fingerprint density at radius 2 is 2.53 bits per heavy atom. The number of aromatic nitrogens is 1. The van der Waals surface area contributed by atoms with E-state index in [9.17, 15) is 4.39 Å². The molecule has 1 aliphatic rings. The summed E-state index contributed by atoms with van der Waals surface area (Å²) >= 11 is 3.20. The molecule has 1 N–H and O–H groups in total. The average molecular weight is 304 g/mol. The molecule has 0 bridgehead atoms. The lowest BCUT2D eigenvalue weighted by Crippen LogP contribution is -2.46. The lowest BCUT2D eigenvalue weighted by molar-refractivity contribution is 0.0417. The van der Waals surface area contributed by atoms with Crippen molar-refractivity contribution in [1.29, 1.82) is 0 Å². The Balaban J connectivity index is 2.10. The van der Waals surface area contributed by atoms with Crippen LogP contribution in [0, 0.1) is 5.82 Å². The van der Waals surface area contributed by atoms with Crippen molar-refractivity contribution < 1.29 is 9.13 Å². The number of rotatable bonds is 3. The third-order valence-corrected chi connectivity index (χ3v) is 3.09. The van der Waals surface area contributed by atoms with Crippen LogP contribution >= 0.6 is 15.9 Å². The number of nitrogens with zero attached hydrogens (tertiary/aromatic N) is 2. The molecular formula is C11H15BrFN3O. The molecule has 1 fully saturated rings. The van der Waals surface area contributed by atoms with Gasteiger partial charge in [0.15, 0.2) is 11.6 Å². The number of hydrogen-bond donors (Lipinski definition) is 1.